The third-order valence-corrected chi connectivity index (χ3v) is 9.28. The first kappa shape index (κ1) is 34.6. The summed E-state index contributed by atoms with van der Waals surface area (Å²) in [6.45, 7) is 6.01. The highest BCUT2D eigenvalue weighted by molar-refractivity contribution is 7.10. The fourth-order valence-electron chi connectivity index (χ4n) is 5.36. The molecule has 244 valence electrons. The summed E-state index contributed by atoms with van der Waals surface area (Å²) < 4.78 is 0. The molecule has 3 aromatic heterocycles. The Morgan fingerprint density at radius 3 is 1.42 bits per heavy atom. The van der Waals surface area contributed by atoms with E-state index in [4.69, 9.17) is 4.98 Å². The number of thiophene rings is 2. The minimum absolute atomic E-state index is 0.141. The lowest BCUT2D eigenvalue weighted by molar-refractivity contribution is -0.140. The fraction of sp³-hybridized carbons (Fsp3) is 0.484. The van der Waals surface area contributed by atoms with Crippen LogP contribution in [0.1, 0.15) is 21.1 Å². The largest absolute Gasteiger partial charge is 0.480 e. The second kappa shape index (κ2) is 18.0. The lowest BCUT2D eigenvalue weighted by atomic mass is 10.2. The molecule has 0 saturated carbocycles. The Hall–Kier alpha value is -3.24. The van der Waals surface area contributed by atoms with Gasteiger partial charge in [-0.3, -0.25) is 43.9 Å². The van der Waals surface area contributed by atoms with Crippen LogP contribution in [0, 0.1) is 0 Å². The molecule has 0 radical (unpaired) electrons. The van der Waals surface area contributed by atoms with Crippen LogP contribution < -0.4 is 0 Å². The Balaban J connectivity index is 1.47. The predicted octanol–water partition coefficient (Wildman–Crippen LogP) is 2.38. The highest BCUT2D eigenvalue weighted by Crippen LogP contribution is 2.19. The highest BCUT2D eigenvalue weighted by atomic mass is 32.1. The van der Waals surface area contributed by atoms with Crippen LogP contribution in [0.4, 0.5) is 0 Å². The van der Waals surface area contributed by atoms with Gasteiger partial charge in [-0.25, -0.2) is 0 Å². The number of hydrogen-bond donors (Lipinski definition) is 3. The summed E-state index contributed by atoms with van der Waals surface area (Å²) in [7, 11) is 0. The predicted molar refractivity (Wildman–Crippen MR) is 173 cm³/mol. The van der Waals surface area contributed by atoms with Gasteiger partial charge in [-0.2, -0.15) is 0 Å². The first-order valence-corrected chi connectivity index (χ1v) is 16.7. The van der Waals surface area contributed by atoms with Crippen molar-refractivity contribution in [3.63, 3.8) is 0 Å². The maximum Gasteiger partial charge on any atom is 0.317 e. The molecule has 3 N–H and O–H groups in total. The number of hydrogen-bond acceptors (Lipinski definition) is 11. The average molecular weight is 659 g/mol. The van der Waals surface area contributed by atoms with Gasteiger partial charge in [0.05, 0.1) is 31.0 Å². The summed E-state index contributed by atoms with van der Waals surface area (Å²) in [6, 6.07) is 14.5. The lowest BCUT2D eigenvalue weighted by Crippen LogP contribution is -2.48. The van der Waals surface area contributed by atoms with E-state index < -0.39 is 17.9 Å². The van der Waals surface area contributed by atoms with Gasteiger partial charge in [0.15, 0.2) is 0 Å². The maximum absolute atomic E-state index is 11.6. The van der Waals surface area contributed by atoms with E-state index in [-0.39, 0.29) is 19.6 Å². The third-order valence-electron chi connectivity index (χ3n) is 7.56. The van der Waals surface area contributed by atoms with Crippen LogP contribution >= 0.6 is 22.7 Å². The van der Waals surface area contributed by atoms with Crippen LogP contribution in [0.5, 0.6) is 0 Å². The van der Waals surface area contributed by atoms with Crippen molar-refractivity contribution in [2.75, 3.05) is 72.0 Å². The SMILES string of the molecule is O=C(O)CN1CCN(CC(=O)O)CCN(Cc2cccc(CN(Cc3cccs3)Cc3cccs3)n2)CCN(CC(=O)O)CC1. The summed E-state index contributed by atoms with van der Waals surface area (Å²) in [5.74, 6) is -2.84. The van der Waals surface area contributed by atoms with Crippen molar-refractivity contribution in [1.82, 2.24) is 29.5 Å². The van der Waals surface area contributed by atoms with Crippen molar-refractivity contribution in [3.05, 3.63) is 74.4 Å². The van der Waals surface area contributed by atoms with Gasteiger partial charge in [-0.05, 0) is 35.0 Å². The number of carboxylic acids is 3. The Labute approximate surface area is 271 Å². The molecule has 3 aromatic rings. The Kier molecular flexibility index (Phi) is 13.9. The number of aliphatic carboxylic acids is 3. The summed E-state index contributed by atoms with van der Waals surface area (Å²) in [5, 5.41) is 32.6. The van der Waals surface area contributed by atoms with E-state index in [1.807, 2.05) is 28.0 Å². The molecule has 0 spiro atoms. The van der Waals surface area contributed by atoms with E-state index in [0.717, 1.165) is 24.5 Å². The molecule has 0 unspecified atom stereocenters. The molecule has 45 heavy (non-hydrogen) atoms. The number of aromatic nitrogens is 1. The van der Waals surface area contributed by atoms with Crippen molar-refractivity contribution in [2.45, 2.75) is 26.2 Å². The molecule has 12 nitrogen and oxygen atoms in total. The Morgan fingerprint density at radius 2 is 1.02 bits per heavy atom. The normalized spacial score (nSPS) is 16.7. The third kappa shape index (κ3) is 13.0. The van der Waals surface area contributed by atoms with Gasteiger partial charge in [-0.15, -0.1) is 22.7 Å². The minimum Gasteiger partial charge on any atom is -0.480 e. The van der Waals surface area contributed by atoms with Gasteiger partial charge in [0.1, 0.15) is 0 Å². The molecular formula is C31H42N6O6S2. The first-order chi connectivity index (χ1) is 21.7. The van der Waals surface area contributed by atoms with Gasteiger partial charge in [0.2, 0.25) is 0 Å². The van der Waals surface area contributed by atoms with E-state index in [0.29, 0.717) is 65.4 Å². The van der Waals surface area contributed by atoms with E-state index in [1.54, 1.807) is 27.6 Å². The number of carbonyl (C=O) groups is 3. The van der Waals surface area contributed by atoms with E-state index in [2.05, 4.69) is 44.8 Å². The fourth-order valence-corrected chi connectivity index (χ4v) is 6.85. The van der Waals surface area contributed by atoms with Crippen molar-refractivity contribution >= 4 is 40.6 Å². The molecule has 4 rings (SSSR count). The smallest absolute Gasteiger partial charge is 0.317 e. The highest BCUT2D eigenvalue weighted by Gasteiger charge is 2.21. The molecule has 1 aliphatic rings. The van der Waals surface area contributed by atoms with Crippen molar-refractivity contribution in [3.8, 4) is 0 Å². The van der Waals surface area contributed by atoms with Crippen LogP contribution in [0.15, 0.2) is 53.2 Å². The second-order valence-corrected chi connectivity index (χ2v) is 13.3. The van der Waals surface area contributed by atoms with Gasteiger partial charge in [-0.1, -0.05) is 18.2 Å². The van der Waals surface area contributed by atoms with Gasteiger partial charge < -0.3 is 15.3 Å². The van der Waals surface area contributed by atoms with Crippen LogP contribution in [0.3, 0.4) is 0 Å². The molecule has 4 heterocycles. The van der Waals surface area contributed by atoms with Crippen LogP contribution in [0.25, 0.3) is 0 Å². The number of carboxylic acid groups (broad SMARTS) is 3. The Bertz CT molecular complexity index is 1270. The molecule has 0 amide bonds. The molecule has 0 aliphatic carbocycles. The topological polar surface area (TPSA) is 141 Å². The molecule has 0 bridgehead atoms. The molecular weight excluding hydrogens is 617 g/mol. The van der Waals surface area contributed by atoms with Crippen LogP contribution in [-0.2, 0) is 40.6 Å². The number of pyridine rings is 1. The zero-order chi connectivity index (χ0) is 32.0. The van der Waals surface area contributed by atoms with Crippen LogP contribution in [-0.4, -0.2) is 135 Å². The summed E-state index contributed by atoms with van der Waals surface area (Å²) >= 11 is 3.49. The van der Waals surface area contributed by atoms with Crippen molar-refractivity contribution in [2.24, 2.45) is 0 Å². The molecule has 1 fully saturated rings. The molecule has 0 atom stereocenters. The first-order valence-electron chi connectivity index (χ1n) is 15.0. The van der Waals surface area contributed by atoms with Gasteiger partial charge in [0.25, 0.3) is 0 Å². The summed E-state index contributed by atoms with van der Waals surface area (Å²) in [6.07, 6.45) is 0. The second-order valence-electron chi connectivity index (χ2n) is 11.2. The van der Waals surface area contributed by atoms with Gasteiger partial charge in [0, 0.05) is 88.3 Å². The van der Waals surface area contributed by atoms with Crippen LogP contribution in [0.2, 0.25) is 0 Å². The number of nitrogens with zero attached hydrogens (tertiary/aromatic N) is 6. The van der Waals surface area contributed by atoms with Gasteiger partial charge >= 0.3 is 17.9 Å². The van der Waals surface area contributed by atoms with Crippen molar-refractivity contribution in [1.29, 1.82) is 0 Å². The Morgan fingerprint density at radius 1 is 0.600 bits per heavy atom. The summed E-state index contributed by atoms with van der Waals surface area (Å²) in [5.41, 5.74) is 1.86. The zero-order valence-corrected chi connectivity index (χ0v) is 27.0. The lowest BCUT2D eigenvalue weighted by Gasteiger charge is -2.33. The van der Waals surface area contributed by atoms with Crippen molar-refractivity contribution < 1.29 is 29.7 Å². The van der Waals surface area contributed by atoms with E-state index in [9.17, 15) is 29.7 Å². The average Bonchev–Trinajstić information content (AvgIpc) is 3.68. The number of rotatable bonds is 14. The molecule has 1 saturated heterocycles. The molecule has 0 aromatic carbocycles. The maximum atomic E-state index is 11.6. The van der Waals surface area contributed by atoms with E-state index >= 15 is 0 Å². The minimum atomic E-state index is -0.973. The standard InChI is InChI=1S/C31H42N6O6S2/c38-29(39)22-34-10-8-33(9-11-35(23-30(40)41)13-15-36(14-12-34)24-31(42)43)18-25-4-1-5-26(32-25)19-37(20-27-6-2-16-44-27)21-28-7-3-17-45-28/h1-7,16-17H,8-15,18-24H2,(H,38,39)(H,40,41)(H,42,43). The quantitative estimate of drug-likeness (QED) is 0.234. The summed E-state index contributed by atoms with van der Waals surface area (Å²) in [4.78, 5) is 52.2. The monoisotopic (exact) mass is 658 g/mol. The zero-order valence-electron chi connectivity index (χ0n) is 25.4. The van der Waals surface area contributed by atoms with E-state index in [1.165, 1.54) is 9.75 Å². The molecule has 1 aliphatic heterocycles. The molecule has 14 heteroatoms.